The monoisotopic (exact) mass is 238 g/mol. The summed E-state index contributed by atoms with van der Waals surface area (Å²) in [6.45, 7) is 3.93. The van der Waals surface area contributed by atoms with Crippen LogP contribution in [0, 0.1) is 0 Å². The zero-order valence-corrected chi connectivity index (χ0v) is 9.28. The molecule has 0 heterocycles. The average molecular weight is 239 g/mol. The third kappa shape index (κ3) is 3.79. The van der Waals surface area contributed by atoms with Gasteiger partial charge in [-0.15, -0.1) is 0 Å². The van der Waals surface area contributed by atoms with Gasteiger partial charge in [-0.3, -0.25) is 0 Å². The summed E-state index contributed by atoms with van der Waals surface area (Å²) in [6.07, 6.45) is 4.10. The van der Waals surface area contributed by atoms with Crippen molar-refractivity contribution in [3.05, 3.63) is 47.5 Å². The average Bonchev–Trinajstić information content (AvgIpc) is 2.24. The predicted molar refractivity (Wildman–Crippen MR) is 63.8 cm³/mol. The van der Waals surface area contributed by atoms with Crippen molar-refractivity contribution in [1.29, 1.82) is 0 Å². The minimum absolute atomic E-state index is 0.403. The molecule has 1 aromatic rings. The number of carboxylic acid groups (broad SMARTS) is 1. The number of rotatable bonds is 5. The Morgan fingerprint density at radius 3 is 2.88 bits per heavy atom. The minimum atomic E-state index is -1.01. The van der Waals surface area contributed by atoms with E-state index in [4.69, 9.17) is 21.4 Å². The van der Waals surface area contributed by atoms with Gasteiger partial charge in [-0.2, -0.15) is 0 Å². The maximum atomic E-state index is 10.3. The fourth-order valence-electron chi connectivity index (χ4n) is 1.05. The molecule has 84 valence electrons. The van der Waals surface area contributed by atoms with Crippen LogP contribution in [0.2, 0.25) is 5.02 Å². The Bertz CT molecular complexity index is 424. The molecule has 0 spiro atoms. The van der Waals surface area contributed by atoms with Crippen LogP contribution in [-0.2, 0) is 4.79 Å². The molecule has 0 aliphatic carbocycles. The van der Waals surface area contributed by atoms with Crippen LogP contribution >= 0.6 is 11.6 Å². The van der Waals surface area contributed by atoms with Crippen molar-refractivity contribution in [2.24, 2.45) is 0 Å². The zero-order chi connectivity index (χ0) is 12.0. The Morgan fingerprint density at radius 1 is 1.56 bits per heavy atom. The number of ether oxygens (including phenoxy) is 1. The first-order valence-electron chi connectivity index (χ1n) is 4.57. The Hall–Kier alpha value is -1.74. The molecule has 0 saturated heterocycles. The van der Waals surface area contributed by atoms with Crippen LogP contribution in [0.25, 0.3) is 6.08 Å². The van der Waals surface area contributed by atoms with Gasteiger partial charge in [0.2, 0.25) is 0 Å². The van der Waals surface area contributed by atoms with Gasteiger partial charge in [-0.1, -0.05) is 24.3 Å². The zero-order valence-electron chi connectivity index (χ0n) is 8.52. The lowest BCUT2D eigenvalue weighted by Crippen LogP contribution is -1.93. The number of carboxylic acids is 1. The number of hydrogen-bond acceptors (Lipinski definition) is 2. The van der Waals surface area contributed by atoms with E-state index in [1.807, 2.05) is 0 Å². The summed E-state index contributed by atoms with van der Waals surface area (Å²) < 4.78 is 5.27. The molecule has 1 aromatic carbocycles. The van der Waals surface area contributed by atoms with Crippen LogP contribution in [0.1, 0.15) is 5.56 Å². The number of aliphatic carboxylic acids is 1. The summed E-state index contributed by atoms with van der Waals surface area (Å²) in [5.74, 6) is -0.388. The van der Waals surface area contributed by atoms with Crippen LogP contribution < -0.4 is 4.74 Å². The minimum Gasteiger partial charge on any atom is -0.490 e. The first-order chi connectivity index (χ1) is 7.63. The van der Waals surface area contributed by atoms with Crippen molar-refractivity contribution in [2.75, 3.05) is 6.61 Å². The lowest BCUT2D eigenvalue weighted by molar-refractivity contribution is -0.131. The van der Waals surface area contributed by atoms with Crippen LogP contribution in [0.4, 0.5) is 0 Å². The Morgan fingerprint density at radius 2 is 2.31 bits per heavy atom. The molecule has 1 N–H and O–H groups in total. The van der Waals surface area contributed by atoms with E-state index in [1.54, 1.807) is 24.3 Å². The van der Waals surface area contributed by atoms with Crippen LogP contribution in [-0.4, -0.2) is 17.7 Å². The fourth-order valence-corrected chi connectivity index (χ4v) is 1.28. The van der Waals surface area contributed by atoms with Gasteiger partial charge < -0.3 is 9.84 Å². The molecule has 0 unspecified atom stereocenters. The van der Waals surface area contributed by atoms with Crippen LogP contribution in [0.5, 0.6) is 5.75 Å². The molecule has 0 aliphatic heterocycles. The largest absolute Gasteiger partial charge is 0.490 e. The maximum absolute atomic E-state index is 10.3. The quantitative estimate of drug-likeness (QED) is 0.634. The Labute approximate surface area is 98.6 Å². The van der Waals surface area contributed by atoms with Gasteiger partial charge in [-0.05, 0) is 29.8 Å². The van der Waals surface area contributed by atoms with Crippen LogP contribution in [0.3, 0.4) is 0 Å². The van der Waals surface area contributed by atoms with E-state index in [1.165, 1.54) is 6.08 Å². The summed E-state index contributed by atoms with van der Waals surface area (Å²) in [7, 11) is 0. The lowest BCUT2D eigenvalue weighted by atomic mass is 10.2. The summed E-state index contributed by atoms with van der Waals surface area (Å²) in [5.41, 5.74) is 0.634. The highest BCUT2D eigenvalue weighted by molar-refractivity contribution is 6.32. The fraction of sp³-hybridized carbons (Fsp3) is 0.0833. The third-order valence-electron chi connectivity index (χ3n) is 1.75. The molecular formula is C12H11ClO3. The smallest absolute Gasteiger partial charge is 0.328 e. The molecule has 0 radical (unpaired) electrons. The highest BCUT2D eigenvalue weighted by atomic mass is 35.5. The van der Waals surface area contributed by atoms with E-state index in [9.17, 15) is 4.79 Å². The van der Waals surface area contributed by atoms with Crippen molar-refractivity contribution in [3.8, 4) is 5.75 Å². The van der Waals surface area contributed by atoms with E-state index in [-0.39, 0.29) is 0 Å². The van der Waals surface area contributed by atoms with E-state index < -0.39 is 5.97 Å². The van der Waals surface area contributed by atoms with Crippen molar-refractivity contribution in [2.45, 2.75) is 0 Å². The van der Waals surface area contributed by atoms with E-state index in [2.05, 4.69) is 6.58 Å². The normalized spacial score (nSPS) is 10.3. The second kappa shape index (κ2) is 5.98. The SMILES string of the molecule is C=CCOc1ccc(/C=C/C(=O)O)c(Cl)c1. The van der Waals surface area contributed by atoms with Gasteiger partial charge in [0.05, 0.1) is 5.02 Å². The predicted octanol–water partition coefficient (Wildman–Crippen LogP) is 3.00. The summed E-state index contributed by atoms with van der Waals surface area (Å²) in [4.78, 5) is 10.3. The van der Waals surface area contributed by atoms with Crippen LogP contribution in [0.15, 0.2) is 36.9 Å². The molecule has 4 heteroatoms. The van der Waals surface area contributed by atoms with Crippen molar-refractivity contribution < 1.29 is 14.6 Å². The molecule has 0 saturated carbocycles. The van der Waals surface area contributed by atoms with Crippen molar-refractivity contribution >= 4 is 23.6 Å². The molecule has 16 heavy (non-hydrogen) atoms. The summed E-state index contributed by atoms with van der Waals surface area (Å²) >= 11 is 5.94. The standard InChI is InChI=1S/C12H11ClO3/c1-2-7-16-10-5-3-9(11(13)8-10)4-6-12(14)15/h2-6,8H,1,7H2,(H,14,15)/b6-4+. The Balaban J connectivity index is 2.82. The molecule has 0 bridgehead atoms. The first kappa shape index (κ1) is 12.3. The van der Waals surface area contributed by atoms with E-state index in [0.29, 0.717) is 22.9 Å². The molecule has 1 rings (SSSR count). The van der Waals surface area contributed by atoms with Gasteiger partial charge >= 0.3 is 5.97 Å². The Kier molecular flexibility index (Phi) is 4.61. The number of halogens is 1. The number of carbonyl (C=O) groups is 1. The first-order valence-corrected chi connectivity index (χ1v) is 4.95. The maximum Gasteiger partial charge on any atom is 0.328 e. The second-order valence-corrected chi connectivity index (χ2v) is 3.36. The molecule has 3 nitrogen and oxygen atoms in total. The van der Waals surface area contributed by atoms with Gasteiger partial charge in [0.25, 0.3) is 0 Å². The molecular weight excluding hydrogens is 228 g/mol. The lowest BCUT2D eigenvalue weighted by Gasteiger charge is -2.04. The highest BCUT2D eigenvalue weighted by Gasteiger charge is 2.00. The van der Waals surface area contributed by atoms with Gasteiger partial charge in [0.1, 0.15) is 12.4 Å². The van der Waals surface area contributed by atoms with Gasteiger partial charge in [0, 0.05) is 6.08 Å². The number of benzene rings is 1. The topological polar surface area (TPSA) is 46.5 Å². The summed E-state index contributed by atoms with van der Waals surface area (Å²) in [5, 5.41) is 8.91. The third-order valence-corrected chi connectivity index (χ3v) is 2.07. The highest BCUT2D eigenvalue weighted by Crippen LogP contribution is 2.23. The van der Waals surface area contributed by atoms with E-state index in [0.717, 1.165) is 6.08 Å². The van der Waals surface area contributed by atoms with Crippen molar-refractivity contribution in [3.63, 3.8) is 0 Å². The summed E-state index contributed by atoms with van der Waals surface area (Å²) in [6, 6.07) is 5.05. The van der Waals surface area contributed by atoms with Crippen molar-refractivity contribution in [1.82, 2.24) is 0 Å². The molecule has 0 aromatic heterocycles. The van der Waals surface area contributed by atoms with Gasteiger partial charge in [-0.25, -0.2) is 4.79 Å². The molecule has 0 atom stereocenters. The van der Waals surface area contributed by atoms with E-state index >= 15 is 0 Å². The van der Waals surface area contributed by atoms with Gasteiger partial charge in [0.15, 0.2) is 0 Å². The second-order valence-electron chi connectivity index (χ2n) is 2.95. The number of hydrogen-bond donors (Lipinski definition) is 1. The molecule has 0 amide bonds. The molecule has 0 aliphatic rings. The molecule has 0 fully saturated rings.